The molecule has 0 radical (unpaired) electrons. The Morgan fingerprint density at radius 2 is 2.11 bits per heavy atom. The van der Waals surface area contributed by atoms with Gasteiger partial charge in [-0.15, -0.1) is 0 Å². The number of hydrogen-bond donors (Lipinski definition) is 1. The fraction of sp³-hybridized carbons (Fsp3) is 0.308. The van der Waals surface area contributed by atoms with Crippen molar-refractivity contribution in [1.29, 1.82) is 0 Å². The second kappa shape index (κ2) is 8.60. The molecule has 98 valence electrons. The zero-order valence-electron chi connectivity index (χ0n) is 10.0. The fourth-order valence-corrected chi connectivity index (χ4v) is 1.34. The van der Waals surface area contributed by atoms with Gasteiger partial charge in [0.1, 0.15) is 12.9 Å². The highest BCUT2D eigenvalue weighted by Gasteiger charge is 2.06. The summed E-state index contributed by atoms with van der Waals surface area (Å²) >= 11 is 4.02. The van der Waals surface area contributed by atoms with Gasteiger partial charge in [0.25, 0.3) is 0 Å². The molecule has 0 atom stereocenters. The molecule has 0 heterocycles. The monoisotopic (exact) mass is 268 g/mol. The van der Waals surface area contributed by atoms with Crippen molar-refractivity contribution in [3.05, 3.63) is 36.4 Å². The average Bonchev–Trinajstić information content (AvgIpc) is 2.42. The van der Waals surface area contributed by atoms with E-state index in [-0.39, 0.29) is 6.79 Å². The van der Waals surface area contributed by atoms with Crippen LogP contribution in [0.4, 0.5) is 0 Å². The summed E-state index contributed by atoms with van der Waals surface area (Å²) in [5, 5.41) is 0. The predicted molar refractivity (Wildman–Crippen MR) is 72.8 cm³/mol. The molecule has 0 aromatic heterocycles. The molecule has 0 fully saturated rings. The third-order valence-electron chi connectivity index (χ3n) is 1.99. The highest BCUT2D eigenvalue weighted by Crippen LogP contribution is 2.28. The predicted octanol–water partition coefficient (Wildman–Crippen LogP) is 2.35. The van der Waals surface area contributed by atoms with E-state index in [2.05, 4.69) is 19.2 Å². The third kappa shape index (κ3) is 4.81. The highest BCUT2D eigenvalue weighted by atomic mass is 32.1. The molecule has 0 aliphatic heterocycles. The highest BCUT2D eigenvalue weighted by molar-refractivity contribution is 7.80. The Morgan fingerprint density at radius 3 is 2.78 bits per heavy atom. The number of thiol groups is 1. The maximum atomic E-state index is 10.7. The maximum Gasteiger partial charge on any atom is 0.189 e. The molecule has 0 aliphatic carbocycles. The summed E-state index contributed by atoms with van der Waals surface area (Å²) in [4.78, 5) is 10.7. The van der Waals surface area contributed by atoms with Crippen LogP contribution in [0.3, 0.4) is 0 Å². The summed E-state index contributed by atoms with van der Waals surface area (Å²) in [6.45, 7) is 4.53. The number of benzene rings is 1. The van der Waals surface area contributed by atoms with E-state index >= 15 is 0 Å². The molecule has 0 saturated heterocycles. The van der Waals surface area contributed by atoms with Gasteiger partial charge in [0.15, 0.2) is 18.3 Å². The first kappa shape index (κ1) is 14.6. The molecule has 0 spiro atoms. The summed E-state index contributed by atoms with van der Waals surface area (Å²) in [5.74, 6) is 1.65. The van der Waals surface area contributed by atoms with E-state index < -0.39 is 0 Å². The molecule has 4 nitrogen and oxygen atoms in total. The Bertz CT molecular complexity index is 393. The zero-order chi connectivity index (χ0) is 13.2. The lowest BCUT2D eigenvalue weighted by Crippen LogP contribution is -2.06. The topological polar surface area (TPSA) is 44.8 Å². The lowest BCUT2D eigenvalue weighted by molar-refractivity contribution is 0.0221. The van der Waals surface area contributed by atoms with Gasteiger partial charge in [-0.3, -0.25) is 4.79 Å². The molecular formula is C13H16O4S. The number of aldehydes is 1. The maximum absolute atomic E-state index is 10.7. The summed E-state index contributed by atoms with van der Waals surface area (Å²) < 4.78 is 16.0. The van der Waals surface area contributed by atoms with Gasteiger partial charge in [0.2, 0.25) is 0 Å². The van der Waals surface area contributed by atoms with Crippen LogP contribution < -0.4 is 9.47 Å². The zero-order valence-corrected chi connectivity index (χ0v) is 10.9. The SMILES string of the molecule is C=CCOc1ccc(C=O)cc1OCOCCS. The van der Waals surface area contributed by atoms with Gasteiger partial charge in [-0.1, -0.05) is 12.7 Å². The lowest BCUT2D eigenvalue weighted by atomic mass is 10.2. The molecule has 0 aliphatic rings. The molecule has 1 rings (SSSR count). The number of hydrogen-bond acceptors (Lipinski definition) is 5. The number of ether oxygens (including phenoxy) is 3. The van der Waals surface area contributed by atoms with Crippen molar-refractivity contribution < 1.29 is 19.0 Å². The molecule has 1 aromatic rings. The quantitative estimate of drug-likeness (QED) is 0.245. The van der Waals surface area contributed by atoms with Gasteiger partial charge < -0.3 is 14.2 Å². The van der Waals surface area contributed by atoms with Gasteiger partial charge in [0.05, 0.1) is 6.61 Å². The van der Waals surface area contributed by atoms with E-state index in [1.54, 1.807) is 24.3 Å². The minimum absolute atomic E-state index is 0.0906. The van der Waals surface area contributed by atoms with Gasteiger partial charge in [-0.25, -0.2) is 0 Å². The second-order valence-corrected chi connectivity index (χ2v) is 3.76. The molecule has 5 heteroatoms. The Morgan fingerprint density at radius 1 is 1.28 bits per heavy atom. The Labute approximate surface area is 112 Å². The van der Waals surface area contributed by atoms with Crippen molar-refractivity contribution in [2.45, 2.75) is 0 Å². The van der Waals surface area contributed by atoms with Gasteiger partial charge in [0, 0.05) is 11.3 Å². The first-order chi connectivity index (χ1) is 8.81. The summed E-state index contributed by atoms with van der Waals surface area (Å²) in [5.41, 5.74) is 0.519. The van der Waals surface area contributed by atoms with Crippen LogP contribution in [0.2, 0.25) is 0 Å². The first-order valence-corrected chi connectivity index (χ1v) is 6.09. The normalized spacial score (nSPS) is 9.83. The van der Waals surface area contributed by atoms with E-state index in [4.69, 9.17) is 14.2 Å². The Hall–Kier alpha value is -1.46. The minimum Gasteiger partial charge on any atom is -0.486 e. The van der Waals surface area contributed by atoms with E-state index in [1.807, 2.05) is 0 Å². The van der Waals surface area contributed by atoms with E-state index in [1.165, 1.54) is 0 Å². The van der Waals surface area contributed by atoms with Crippen LogP contribution in [0.5, 0.6) is 11.5 Å². The third-order valence-corrected chi connectivity index (χ3v) is 2.18. The molecule has 18 heavy (non-hydrogen) atoms. The molecule has 1 aromatic carbocycles. The van der Waals surface area contributed by atoms with Crippen LogP contribution in [0.1, 0.15) is 10.4 Å². The van der Waals surface area contributed by atoms with Crippen LogP contribution in [-0.2, 0) is 4.74 Å². The van der Waals surface area contributed by atoms with Crippen LogP contribution in [0, 0.1) is 0 Å². The smallest absolute Gasteiger partial charge is 0.189 e. The standard InChI is InChI=1S/C13H16O4S/c1-2-5-16-12-4-3-11(9-14)8-13(12)17-10-15-6-7-18/h2-4,8-9,18H,1,5-7,10H2. The molecule has 0 unspecified atom stereocenters. The Kier molecular flexibility index (Phi) is 6.98. The van der Waals surface area contributed by atoms with E-state index in [0.717, 1.165) is 6.29 Å². The van der Waals surface area contributed by atoms with Crippen molar-refractivity contribution in [2.75, 3.05) is 25.8 Å². The lowest BCUT2D eigenvalue weighted by Gasteiger charge is -2.12. The minimum atomic E-state index is 0.0906. The van der Waals surface area contributed by atoms with Crippen molar-refractivity contribution >= 4 is 18.9 Å². The van der Waals surface area contributed by atoms with Crippen LogP contribution in [-0.4, -0.2) is 32.0 Å². The molecule has 0 amide bonds. The van der Waals surface area contributed by atoms with Gasteiger partial charge in [-0.2, -0.15) is 12.6 Å². The van der Waals surface area contributed by atoms with Crippen LogP contribution in [0.15, 0.2) is 30.9 Å². The first-order valence-electron chi connectivity index (χ1n) is 5.46. The molecule has 0 saturated carbocycles. The molecule has 0 N–H and O–H groups in total. The van der Waals surface area contributed by atoms with Crippen molar-refractivity contribution in [3.8, 4) is 11.5 Å². The molecular weight excluding hydrogens is 252 g/mol. The number of carbonyl (C=O) groups is 1. The van der Waals surface area contributed by atoms with Gasteiger partial charge >= 0.3 is 0 Å². The van der Waals surface area contributed by atoms with E-state index in [9.17, 15) is 4.79 Å². The molecule has 0 bridgehead atoms. The fourth-order valence-electron chi connectivity index (χ4n) is 1.21. The van der Waals surface area contributed by atoms with E-state index in [0.29, 0.717) is 36.0 Å². The second-order valence-electron chi connectivity index (χ2n) is 3.32. The van der Waals surface area contributed by atoms with Gasteiger partial charge in [-0.05, 0) is 18.2 Å². The number of rotatable bonds is 9. The Balaban J connectivity index is 2.69. The van der Waals surface area contributed by atoms with Crippen molar-refractivity contribution in [3.63, 3.8) is 0 Å². The summed E-state index contributed by atoms with van der Waals surface area (Å²) in [6, 6.07) is 4.95. The van der Waals surface area contributed by atoms with Crippen LogP contribution >= 0.6 is 12.6 Å². The summed E-state index contributed by atoms with van der Waals surface area (Å²) in [6.07, 6.45) is 2.38. The van der Waals surface area contributed by atoms with Crippen LogP contribution in [0.25, 0.3) is 0 Å². The van der Waals surface area contributed by atoms with Crippen molar-refractivity contribution in [1.82, 2.24) is 0 Å². The largest absolute Gasteiger partial charge is 0.486 e. The number of carbonyl (C=O) groups excluding carboxylic acids is 1. The average molecular weight is 268 g/mol. The van der Waals surface area contributed by atoms with Crippen molar-refractivity contribution in [2.24, 2.45) is 0 Å². The summed E-state index contributed by atoms with van der Waals surface area (Å²) in [7, 11) is 0.